The van der Waals surface area contributed by atoms with Gasteiger partial charge in [0.05, 0.1) is 11.7 Å². The Morgan fingerprint density at radius 1 is 1.26 bits per heavy atom. The summed E-state index contributed by atoms with van der Waals surface area (Å²) in [5.41, 5.74) is 2.59. The molecule has 0 bridgehead atoms. The van der Waals surface area contributed by atoms with Crippen LogP contribution in [0.4, 0.5) is 5.69 Å². The van der Waals surface area contributed by atoms with Crippen molar-refractivity contribution in [3.05, 3.63) is 59.2 Å². The zero-order valence-electron chi connectivity index (χ0n) is 14.7. The summed E-state index contributed by atoms with van der Waals surface area (Å²) >= 11 is 5.95. The number of aromatic nitrogens is 2. The van der Waals surface area contributed by atoms with Crippen molar-refractivity contribution in [2.45, 2.75) is 25.0 Å². The maximum Gasteiger partial charge on any atom is 0.256 e. The molecule has 0 saturated carbocycles. The summed E-state index contributed by atoms with van der Waals surface area (Å²) in [4.78, 5) is 14.3. The molecule has 1 saturated heterocycles. The van der Waals surface area contributed by atoms with Crippen LogP contribution in [-0.2, 0) is 4.79 Å². The van der Waals surface area contributed by atoms with Crippen LogP contribution in [0.15, 0.2) is 48.7 Å². The van der Waals surface area contributed by atoms with Crippen molar-refractivity contribution in [1.29, 1.82) is 0 Å². The SMILES string of the molecule is O=C([C@@H](O)c1cccc(Cl)c1)N1CCC(Nc2ccc3[nH]ncc3c2)CC1. The Bertz CT molecular complexity index is 950. The number of nitrogens with one attached hydrogen (secondary N) is 2. The van der Waals surface area contributed by atoms with Crippen molar-refractivity contribution in [3.8, 4) is 0 Å². The molecule has 0 radical (unpaired) electrons. The lowest BCUT2D eigenvalue weighted by atomic mass is 10.0. The Morgan fingerprint density at radius 3 is 2.85 bits per heavy atom. The molecule has 7 heteroatoms. The van der Waals surface area contributed by atoms with Gasteiger partial charge in [0.2, 0.25) is 0 Å². The average Bonchev–Trinajstić information content (AvgIpc) is 3.15. The molecule has 1 atom stereocenters. The van der Waals surface area contributed by atoms with Crippen LogP contribution >= 0.6 is 11.6 Å². The minimum atomic E-state index is -1.17. The topological polar surface area (TPSA) is 81.2 Å². The van der Waals surface area contributed by atoms with Gasteiger partial charge in [-0.05, 0) is 48.7 Å². The van der Waals surface area contributed by atoms with E-state index in [1.807, 2.05) is 12.1 Å². The Morgan fingerprint density at radius 2 is 2.07 bits per heavy atom. The van der Waals surface area contributed by atoms with Crippen molar-refractivity contribution >= 4 is 34.1 Å². The monoisotopic (exact) mass is 384 g/mol. The van der Waals surface area contributed by atoms with E-state index in [4.69, 9.17) is 11.6 Å². The number of hydrogen-bond donors (Lipinski definition) is 3. The van der Waals surface area contributed by atoms with Crippen LogP contribution in [0.1, 0.15) is 24.5 Å². The lowest BCUT2D eigenvalue weighted by Crippen LogP contribution is -2.44. The summed E-state index contributed by atoms with van der Waals surface area (Å²) in [7, 11) is 0. The summed E-state index contributed by atoms with van der Waals surface area (Å²) in [5, 5.41) is 22.5. The zero-order chi connectivity index (χ0) is 18.8. The van der Waals surface area contributed by atoms with Gasteiger partial charge < -0.3 is 15.3 Å². The third-order valence-corrected chi connectivity index (χ3v) is 5.25. The molecule has 27 heavy (non-hydrogen) atoms. The number of amides is 1. The minimum absolute atomic E-state index is 0.268. The number of aliphatic hydroxyl groups is 1. The maximum absolute atomic E-state index is 12.6. The van der Waals surface area contributed by atoms with Gasteiger partial charge in [-0.2, -0.15) is 5.10 Å². The zero-order valence-corrected chi connectivity index (χ0v) is 15.5. The molecule has 4 rings (SSSR count). The number of hydrogen-bond acceptors (Lipinski definition) is 4. The molecular weight excluding hydrogens is 364 g/mol. The van der Waals surface area contributed by atoms with E-state index in [-0.39, 0.29) is 5.91 Å². The highest BCUT2D eigenvalue weighted by atomic mass is 35.5. The maximum atomic E-state index is 12.6. The van der Waals surface area contributed by atoms with Gasteiger partial charge in [0.1, 0.15) is 0 Å². The molecule has 3 aromatic rings. The molecule has 2 aromatic carbocycles. The van der Waals surface area contributed by atoms with Gasteiger partial charge in [-0.15, -0.1) is 0 Å². The summed E-state index contributed by atoms with van der Waals surface area (Å²) < 4.78 is 0. The van der Waals surface area contributed by atoms with Crippen LogP contribution in [0.25, 0.3) is 10.9 Å². The smallest absolute Gasteiger partial charge is 0.256 e. The van der Waals surface area contributed by atoms with E-state index in [9.17, 15) is 9.90 Å². The van der Waals surface area contributed by atoms with Crippen molar-refractivity contribution < 1.29 is 9.90 Å². The van der Waals surface area contributed by atoms with E-state index in [2.05, 4.69) is 21.6 Å². The molecule has 1 amide bonds. The molecule has 0 aliphatic carbocycles. The lowest BCUT2D eigenvalue weighted by molar-refractivity contribution is -0.141. The van der Waals surface area contributed by atoms with Crippen LogP contribution in [0.3, 0.4) is 0 Å². The second-order valence-corrected chi connectivity index (χ2v) is 7.31. The molecule has 3 N–H and O–H groups in total. The Labute approximate surface area is 162 Å². The van der Waals surface area contributed by atoms with Gasteiger partial charge in [-0.25, -0.2) is 0 Å². The van der Waals surface area contributed by atoms with Gasteiger partial charge in [0.15, 0.2) is 6.10 Å². The number of nitrogens with zero attached hydrogens (tertiary/aromatic N) is 2. The van der Waals surface area contributed by atoms with Crippen LogP contribution in [0, 0.1) is 0 Å². The van der Waals surface area contributed by atoms with Crippen molar-refractivity contribution in [2.75, 3.05) is 18.4 Å². The normalized spacial score (nSPS) is 16.4. The number of H-pyrrole nitrogens is 1. The highest BCUT2D eigenvalue weighted by Crippen LogP contribution is 2.24. The fraction of sp³-hybridized carbons (Fsp3) is 0.300. The van der Waals surface area contributed by atoms with E-state index in [1.54, 1.807) is 35.4 Å². The molecule has 0 unspecified atom stereocenters. The molecule has 1 fully saturated rings. The van der Waals surface area contributed by atoms with Gasteiger partial charge in [-0.3, -0.25) is 9.89 Å². The number of piperidine rings is 1. The third-order valence-electron chi connectivity index (χ3n) is 5.02. The number of carbonyl (C=O) groups excluding carboxylic acids is 1. The Balaban J connectivity index is 1.34. The summed E-state index contributed by atoms with van der Waals surface area (Å²) in [6, 6.07) is 13.2. The molecule has 1 aromatic heterocycles. The van der Waals surface area contributed by atoms with E-state index >= 15 is 0 Å². The Hall–Kier alpha value is -2.57. The second kappa shape index (κ2) is 7.58. The quantitative estimate of drug-likeness (QED) is 0.644. The number of aromatic amines is 1. The van der Waals surface area contributed by atoms with Crippen molar-refractivity contribution in [3.63, 3.8) is 0 Å². The largest absolute Gasteiger partial charge is 0.382 e. The van der Waals surface area contributed by atoms with Crippen LogP contribution in [0.5, 0.6) is 0 Å². The van der Waals surface area contributed by atoms with Crippen LogP contribution in [0.2, 0.25) is 5.02 Å². The van der Waals surface area contributed by atoms with Gasteiger partial charge in [0.25, 0.3) is 5.91 Å². The van der Waals surface area contributed by atoms with Crippen molar-refractivity contribution in [1.82, 2.24) is 15.1 Å². The molecule has 140 valence electrons. The number of aliphatic hydroxyl groups excluding tert-OH is 1. The summed E-state index contributed by atoms with van der Waals surface area (Å²) in [6.07, 6.45) is 2.30. The third kappa shape index (κ3) is 3.91. The number of fused-ring (bicyclic) bond motifs is 1. The molecule has 2 heterocycles. The average molecular weight is 385 g/mol. The molecule has 6 nitrogen and oxygen atoms in total. The highest BCUT2D eigenvalue weighted by molar-refractivity contribution is 6.30. The van der Waals surface area contributed by atoms with Gasteiger partial charge >= 0.3 is 0 Å². The number of halogens is 1. The van der Waals surface area contributed by atoms with Gasteiger partial charge in [-0.1, -0.05) is 23.7 Å². The lowest BCUT2D eigenvalue weighted by Gasteiger charge is -2.34. The van der Waals surface area contributed by atoms with Crippen LogP contribution in [-0.4, -0.2) is 45.2 Å². The number of likely N-dealkylation sites (tertiary alicyclic amines) is 1. The number of anilines is 1. The van der Waals surface area contributed by atoms with E-state index in [0.717, 1.165) is 29.4 Å². The predicted molar refractivity (Wildman–Crippen MR) is 106 cm³/mol. The first kappa shape index (κ1) is 17.8. The predicted octanol–water partition coefficient (Wildman–Crippen LogP) is 3.35. The molecule has 0 spiro atoms. The summed E-state index contributed by atoms with van der Waals surface area (Å²) in [6.45, 7) is 1.23. The van der Waals surface area contributed by atoms with E-state index in [0.29, 0.717) is 29.7 Å². The number of rotatable bonds is 4. The van der Waals surface area contributed by atoms with Gasteiger partial charge in [0, 0.05) is 35.2 Å². The first-order valence-electron chi connectivity index (χ1n) is 9.02. The van der Waals surface area contributed by atoms with Crippen LogP contribution < -0.4 is 5.32 Å². The fourth-order valence-electron chi connectivity index (χ4n) is 3.50. The number of benzene rings is 2. The standard InChI is InChI=1S/C20H21ClN4O2/c21-15-3-1-2-13(10-15)19(26)20(27)25-8-6-16(7-9-25)23-17-4-5-18-14(11-17)12-22-24-18/h1-5,10-12,16,19,23,26H,6-9H2,(H,22,24)/t19-/m0/s1. The molecule has 1 aliphatic heterocycles. The summed E-state index contributed by atoms with van der Waals surface area (Å²) in [5.74, 6) is -0.268. The molecular formula is C20H21ClN4O2. The first-order valence-corrected chi connectivity index (χ1v) is 9.40. The molecule has 1 aliphatic rings. The fourth-order valence-corrected chi connectivity index (χ4v) is 3.70. The second-order valence-electron chi connectivity index (χ2n) is 6.87. The van der Waals surface area contributed by atoms with E-state index < -0.39 is 6.10 Å². The Kier molecular flexibility index (Phi) is 5.01. The number of carbonyl (C=O) groups is 1. The van der Waals surface area contributed by atoms with Crippen molar-refractivity contribution in [2.24, 2.45) is 0 Å². The highest BCUT2D eigenvalue weighted by Gasteiger charge is 2.28. The first-order chi connectivity index (χ1) is 13.1. The minimum Gasteiger partial charge on any atom is -0.382 e. The van der Waals surface area contributed by atoms with E-state index in [1.165, 1.54) is 0 Å².